The van der Waals surface area contributed by atoms with Gasteiger partial charge in [0.15, 0.2) is 0 Å². The van der Waals surface area contributed by atoms with Gasteiger partial charge in [-0.2, -0.15) is 0 Å². The van der Waals surface area contributed by atoms with E-state index in [0.29, 0.717) is 12.1 Å². The van der Waals surface area contributed by atoms with Gasteiger partial charge in [-0.15, -0.1) is 0 Å². The van der Waals surface area contributed by atoms with Crippen molar-refractivity contribution >= 4 is 11.6 Å². The van der Waals surface area contributed by atoms with E-state index in [1.54, 1.807) is 0 Å². The second-order valence-electron chi connectivity index (χ2n) is 5.09. The lowest BCUT2D eigenvalue weighted by Gasteiger charge is -2.30. The predicted molar refractivity (Wildman–Crippen MR) is 73.2 cm³/mol. The first-order valence-electron chi connectivity index (χ1n) is 6.46. The summed E-state index contributed by atoms with van der Waals surface area (Å²) in [6.45, 7) is 2.07. The SMILES string of the molecule is CN1CCCC(NC(=O)Cc2cccc(N)c2)C1. The lowest BCUT2D eigenvalue weighted by Crippen LogP contribution is -2.46. The summed E-state index contributed by atoms with van der Waals surface area (Å²) < 4.78 is 0. The largest absolute Gasteiger partial charge is 0.399 e. The van der Waals surface area contributed by atoms with Crippen molar-refractivity contribution in [3.05, 3.63) is 29.8 Å². The number of piperidine rings is 1. The number of amides is 1. The molecule has 1 aromatic carbocycles. The first-order chi connectivity index (χ1) is 8.63. The molecule has 0 aliphatic carbocycles. The molecule has 1 saturated heterocycles. The number of carbonyl (C=O) groups excluding carboxylic acids is 1. The number of hydrogen-bond donors (Lipinski definition) is 2. The van der Waals surface area contributed by atoms with Crippen molar-refractivity contribution in [3.8, 4) is 0 Å². The molecule has 3 N–H and O–H groups in total. The van der Waals surface area contributed by atoms with E-state index in [-0.39, 0.29) is 11.9 Å². The Morgan fingerprint density at radius 2 is 2.39 bits per heavy atom. The summed E-state index contributed by atoms with van der Waals surface area (Å²) in [4.78, 5) is 14.2. The van der Waals surface area contributed by atoms with E-state index in [4.69, 9.17) is 5.73 Å². The quantitative estimate of drug-likeness (QED) is 0.784. The van der Waals surface area contributed by atoms with Crippen LogP contribution in [0.15, 0.2) is 24.3 Å². The number of likely N-dealkylation sites (N-methyl/N-ethyl adjacent to an activating group) is 1. The summed E-state index contributed by atoms with van der Waals surface area (Å²) in [5.41, 5.74) is 7.37. The van der Waals surface area contributed by atoms with Gasteiger partial charge in [0.2, 0.25) is 5.91 Å². The smallest absolute Gasteiger partial charge is 0.224 e. The van der Waals surface area contributed by atoms with Gasteiger partial charge in [-0.1, -0.05) is 12.1 Å². The number of benzene rings is 1. The number of nitrogens with two attached hydrogens (primary N) is 1. The number of hydrogen-bond acceptors (Lipinski definition) is 3. The second kappa shape index (κ2) is 5.87. The topological polar surface area (TPSA) is 58.4 Å². The van der Waals surface area contributed by atoms with Crippen LogP contribution in [-0.2, 0) is 11.2 Å². The molecule has 0 bridgehead atoms. The monoisotopic (exact) mass is 247 g/mol. The zero-order valence-electron chi connectivity index (χ0n) is 10.9. The molecule has 4 nitrogen and oxygen atoms in total. The van der Waals surface area contributed by atoms with Gasteiger partial charge in [0.1, 0.15) is 0 Å². The Labute approximate surface area is 108 Å². The molecule has 1 aliphatic rings. The molecule has 1 fully saturated rings. The molecule has 18 heavy (non-hydrogen) atoms. The highest BCUT2D eigenvalue weighted by Gasteiger charge is 2.18. The van der Waals surface area contributed by atoms with Gasteiger partial charge < -0.3 is 16.0 Å². The Balaban J connectivity index is 1.85. The zero-order valence-corrected chi connectivity index (χ0v) is 10.9. The van der Waals surface area contributed by atoms with E-state index in [2.05, 4.69) is 17.3 Å². The minimum absolute atomic E-state index is 0.0842. The Hall–Kier alpha value is -1.55. The van der Waals surface area contributed by atoms with Crippen LogP contribution in [0.3, 0.4) is 0 Å². The van der Waals surface area contributed by atoms with E-state index >= 15 is 0 Å². The van der Waals surface area contributed by atoms with Gasteiger partial charge in [0, 0.05) is 18.3 Å². The van der Waals surface area contributed by atoms with Gasteiger partial charge in [-0.05, 0) is 44.1 Å². The van der Waals surface area contributed by atoms with Gasteiger partial charge in [-0.3, -0.25) is 4.79 Å². The Morgan fingerprint density at radius 3 is 3.11 bits per heavy atom. The molecule has 1 amide bonds. The molecule has 0 radical (unpaired) electrons. The molecular weight excluding hydrogens is 226 g/mol. The maximum Gasteiger partial charge on any atom is 0.224 e. The molecule has 1 heterocycles. The molecule has 1 unspecified atom stereocenters. The van der Waals surface area contributed by atoms with Crippen LogP contribution in [0.25, 0.3) is 0 Å². The van der Waals surface area contributed by atoms with E-state index in [0.717, 1.165) is 31.5 Å². The summed E-state index contributed by atoms with van der Waals surface area (Å²) in [7, 11) is 2.09. The summed E-state index contributed by atoms with van der Waals surface area (Å²) in [5, 5.41) is 3.10. The molecule has 0 saturated carbocycles. The maximum atomic E-state index is 11.9. The number of anilines is 1. The number of nitrogens with zero attached hydrogens (tertiary/aromatic N) is 1. The fourth-order valence-corrected chi connectivity index (χ4v) is 2.45. The fraction of sp³-hybridized carbons (Fsp3) is 0.500. The van der Waals surface area contributed by atoms with Gasteiger partial charge >= 0.3 is 0 Å². The first-order valence-corrected chi connectivity index (χ1v) is 6.46. The van der Waals surface area contributed by atoms with Crippen LogP contribution < -0.4 is 11.1 Å². The number of likely N-dealkylation sites (tertiary alicyclic amines) is 1. The third-order valence-electron chi connectivity index (χ3n) is 3.31. The normalized spacial score (nSPS) is 20.6. The summed E-state index contributed by atoms with van der Waals surface area (Å²) in [6.07, 6.45) is 2.64. The highest BCUT2D eigenvalue weighted by molar-refractivity contribution is 5.79. The van der Waals surface area contributed by atoms with Crippen molar-refractivity contribution in [1.29, 1.82) is 0 Å². The summed E-state index contributed by atoms with van der Waals surface area (Å²) >= 11 is 0. The van der Waals surface area contributed by atoms with Crippen LogP contribution in [-0.4, -0.2) is 37.0 Å². The molecular formula is C14H21N3O. The standard InChI is InChI=1S/C14H21N3O/c1-17-7-3-6-13(10-17)16-14(18)9-11-4-2-5-12(15)8-11/h2,4-5,8,13H,3,6-7,9-10,15H2,1H3,(H,16,18). The zero-order chi connectivity index (χ0) is 13.0. The molecule has 0 spiro atoms. The van der Waals surface area contributed by atoms with Crippen molar-refractivity contribution in [1.82, 2.24) is 10.2 Å². The van der Waals surface area contributed by atoms with Crippen molar-refractivity contribution in [3.63, 3.8) is 0 Å². The fourth-order valence-electron chi connectivity index (χ4n) is 2.45. The number of rotatable bonds is 3. The van der Waals surface area contributed by atoms with Crippen LogP contribution in [0.1, 0.15) is 18.4 Å². The molecule has 1 atom stereocenters. The Morgan fingerprint density at radius 1 is 1.56 bits per heavy atom. The average Bonchev–Trinajstić information content (AvgIpc) is 2.28. The van der Waals surface area contributed by atoms with Gasteiger partial charge in [0.05, 0.1) is 6.42 Å². The van der Waals surface area contributed by atoms with Crippen molar-refractivity contribution in [2.45, 2.75) is 25.3 Å². The molecule has 1 aromatic rings. The number of nitrogen functional groups attached to an aromatic ring is 1. The molecule has 1 aliphatic heterocycles. The average molecular weight is 247 g/mol. The van der Waals surface area contributed by atoms with Gasteiger partial charge in [0.25, 0.3) is 0 Å². The van der Waals surface area contributed by atoms with Crippen LogP contribution in [0, 0.1) is 0 Å². The molecule has 0 aromatic heterocycles. The van der Waals surface area contributed by atoms with E-state index < -0.39 is 0 Å². The lowest BCUT2D eigenvalue weighted by molar-refractivity contribution is -0.121. The van der Waals surface area contributed by atoms with Crippen LogP contribution >= 0.6 is 0 Å². The third-order valence-corrected chi connectivity index (χ3v) is 3.31. The van der Waals surface area contributed by atoms with Crippen molar-refractivity contribution in [2.24, 2.45) is 0 Å². The second-order valence-corrected chi connectivity index (χ2v) is 5.09. The van der Waals surface area contributed by atoms with E-state index in [1.165, 1.54) is 0 Å². The molecule has 4 heteroatoms. The molecule has 2 rings (SSSR count). The minimum Gasteiger partial charge on any atom is -0.399 e. The maximum absolute atomic E-state index is 11.9. The van der Waals surface area contributed by atoms with Crippen molar-refractivity contribution < 1.29 is 4.79 Å². The van der Waals surface area contributed by atoms with E-state index in [1.807, 2.05) is 24.3 Å². The molecule has 98 valence electrons. The van der Waals surface area contributed by atoms with Crippen LogP contribution in [0.5, 0.6) is 0 Å². The minimum atomic E-state index is 0.0842. The van der Waals surface area contributed by atoms with E-state index in [9.17, 15) is 4.79 Å². The highest BCUT2D eigenvalue weighted by atomic mass is 16.1. The summed E-state index contributed by atoms with van der Waals surface area (Å²) in [5.74, 6) is 0.0842. The number of nitrogens with one attached hydrogen (secondary N) is 1. The predicted octanol–water partition coefficient (Wildman–Crippen LogP) is 1.02. The van der Waals surface area contributed by atoms with Gasteiger partial charge in [-0.25, -0.2) is 0 Å². The summed E-state index contributed by atoms with van der Waals surface area (Å²) in [6, 6.07) is 7.79. The lowest BCUT2D eigenvalue weighted by atomic mass is 10.1. The first kappa shape index (κ1) is 12.9. The number of carbonyl (C=O) groups is 1. The highest BCUT2D eigenvalue weighted by Crippen LogP contribution is 2.10. The third kappa shape index (κ3) is 3.74. The Bertz CT molecular complexity index is 419. The van der Waals surface area contributed by atoms with Crippen LogP contribution in [0.2, 0.25) is 0 Å². The van der Waals surface area contributed by atoms with Crippen LogP contribution in [0.4, 0.5) is 5.69 Å². The Kier molecular flexibility index (Phi) is 4.20. The van der Waals surface area contributed by atoms with Crippen molar-refractivity contribution in [2.75, 3.05) is 25.9 Å².